The van der Waals surface area contributed by atoms with E-state index in [9.17, 15) is 0 Å². The predicted octanol–water partition coefficient (Wildman–Crippen LogP) is 22.2. The highest BCUT2D eigenvalue weighted by Crippen LogP contribution is 2.64. The zero-order valence-corrected chi connectivity index (χ0v) is 63.8. The van der Waals surface area contributed by atoms with E-state index in [2.05, 4.69) is 381 Å². The molecule has 109 heavy (non-hydrogen) atoms. The molecule has 4 aliphatic heterocycles. The topological polar surface area (TPSA) is 34.8 Å². The van der Waals surface area contributed by atoms with Gasteiger partial charge in [0.1, 0.15) is 23.0 Å². The predicted molar refractivity (Wildman–Crippen MR) is 458 cm³/mol. The van der Waals surface area contributed by atoms with Crippen molar-refractivity contribution in [3.63, 3.8) is 0 Å². The summed E-state index contributed by atoms with van der Waals surface area (Å²) in [6, 6.07) is 106. The zero-order chi connectivity index (χ0) is 73.8. The molecular formula is C101H82B2N4O2. The third-order valence-corrected chi connectivity index (χ3v) is 25.1. The van der Waals surface area contributed by atoms with Gasteiger partial charge in [0, 0.05) is 78.8 Å². The van der Waals surface area contributed by atoms with Crippen LogP contribution in [0, 0.1) is 0 Å². The van der Waals surface area contributed by atoms with Gasteiger partial charge in [-0.2, -0.15) is 0 Å². The van der Waals surface area contributed by atoms with Gasteiger partial charge in [-0.05, 0) is 230 Å². The van der Waals surface area contributed by atoms with E-state index in [1.54, 1.807) is 0 Å². The molecule has 16 aromatic rings. The first-order valence-electron chi connectivity index (χ1n) is 38.9. The van der Waals surface area contributed by atoms with Gasteiger partial charge in [0.2, 0.25) is 0 Å². The Labute approximate surface area is 638 Å². The summed E-state index contributed by atoms with van der Waals surface area (Å²) >= 11 is 0. The van der Waals surface area contributed by atoms with Crippen molar-refractivity contribution >= 4 is 124 Å². The number of fused-ring (bicyclic) bond motifs is 24. The van der Waals surface area contributed by atoms with Crippen LogP contribution in [0.3, 0.4) is 0 Å². The summed E-state index contributed by atoms with van der Waals surface area (Å²) in [6.45, 7) is 27.9. The first kappa shape index (κ1) is 64.2. The Morgan fingerprint density at radius 3 is 0.972 bits per heavy atom. The number of anilines is 6. The normalized spacial score (nSPS) is 14.2. The van der Waals surface area contributed by atoms with Crippen molar-refractivity contribution in [3.05, 3.63) is 324 Å². The summed E-state index contributed by atoms with van der Waals surface area (Å²) in [5.74, 6) is 3.46. The van der Waals surface area contributed by atoms with E-state index in [1.165, 1.54) is 143 Å². The first-order valence-corrected chi connectivity index (χ1v) is 38.9. The molecule has 524 valence electrons. The average molecular weight is 1410 g/mol. The lowest BCUT2D eigenvalue weighted by atomic mass is 9.34. The zero-order valence-electron chi connectivity index (χ0n) is 63.8. The first-order chi connectivity index (χ1) is 52.6. The second-order valence-electron chi connectivity index (χ2n) is 35.6. The maximum absolute atomic E-state index is 7.98. The van der Waals surface area contributed by atoms with Crippen LogP contribution in [-0.2, 0) is 27.1 Å². The minimum Gasteiger partial charge on any atom is -0.458 e. The Kier molecular flexibility index (Phi) is 13.0. The SMILES string of the molecule is CC(C)(C)c1ccc2c(c1)c1cc(C(C)(C)C)cc3c1n2-c1cc(N(c2ccccc2)c2ccccc2)cc2c1B3c1cc3c(cc1O2)C1(c2ccccc2-3)c2ccccc2-c2cc3c(cc21)Oc1cc(N(c2ccccc2)c2ccccc2)cc2c1B3c1cc(C(C)(C)C)cc3c4cc(C(C)(C)C)ccc4n-2c13. The van der Waals surface area contributed by atoms with Crippen LogP contribution in [0.2, 0.25) is 0 Å². The molecular weight excluding hydrogens is 1320 g/mol. The molecule has 0 saturated heterocycles. The van der Waals surface area contributed by atoms with E-state index >= 15 is 0 Å². The lowest BCUT2D eigenvalue weighted by molar-refractivity contribution is 0.485. The summed E-state index contributed by atoms with van der Waals surface area (Å²) in [7, 11) is 0. The van der Waals surface area contributed by atoms with E-state index in [0.29, 0.717) is 0 Å². The number of benzene rings is 14. The molecule has 0 atom stereocenters. The Morgan fingerprint density at radius 2 is 0.615 bits per heavy atom. The van der Waals surface area contributed by atoms with Crippen molar-refractivity contribution < 1.29 is 9.47 Å². The van der Waals surface area contributed by atoms with E-state index in [4.69, 9.17) is 9.47 Å². The largest absolute Gasteiger partial charge is 0.458 e. The Hall–Kier alpha value is -12.0. The molecule has 0 saturated carbocycles. The fraction of sp³-hybridized carbons (Fsp3) is 0.168. The van der Waals surface area contributed by atoms with Crippen molar-refractivity contribution in [2.45, 2.75) is 110 Å². The fourth-order valence-electron chi connectivity index (χ4n) is 19.9. The molecule has 0 unspecified atom stereocenters. The highest BCUT2D eigenvalue weighted by molar-refractivity contribution is 7.00. The van der Waals surface area contributed by atoms with Gasteiger partial charge in [-0.15, -0.1) is 0 Å². The number of para-hydroxylation sites is 4. The molecule has 6 heterocycles. The quantitative estimate of drug-likeness (QED) is 0.155. The summed E-state index contributed by atoms with van der Waals surface area (Å²) in [6.07, 6.45) is 0. The fourth-order valence-corrected chi connectivity index (χ4v) is 19.9. The third-order valence-electron chi connectivity index (χ3n) is 25.1. The minimum absolute atomic E-state index is 0.0639. The van der Waals surface area contributed by atoms with Crippen LogP contribution >= 0.6 is 0 Å². The summed E-state index contributed by atoms with van der Waals surface area (Å²) in [4.78, 5) is 4.80. The van der Waals surface area contributed by atoms with Crippen molar-refractivity contribution in [1.82, 2.24) is 9.13 Å². The number of nitrogens with zero attached hydrogens (tertiary/aromatic N) is 4. The molecule has 0 fully saturated rings. The van der Waals surface area contributed by atoms with Crippen molar-refractivity contribution in [2.75, 3.05) is 9.80 Å². The van der Waals surface area contributed by atoms with Crippen LogP contribution in [0.1, 0.15) is 128 Å². The van der Waals surface area contributed by atoms with Crippen LogP contribution in [0.5, 0.6) is 23.0 Å². The van der Waals surface area contributed by atoms with Crippen LogP contribution in [0.15, 0.2) is 279 Å². The lowest BCUT2D eigenvalue weighted by Crippen LogP contribution is -2.58. The molecule has 0 radical (unpaired) electrons. The molecule has 0 amide bonds. The maximum Gasteiger partial charge on any atom is 0.256 e. The highest BCUT2D eigenvalue weighted by atomic mass is 16.5. The van der Waals surface area contributed by atoms with E-state index < -0.39 is 5.41 Å². The molecule has 6 aliphatic rings. The number of rotatable bonds is 6. The average Bonchev–Trinajstić information content (AvgIpc) is 1.50. The van der Waals surface area contributed by atoms with Gasteiger partial charge < -0.3 is 28.4 Å². The van der Waals surface area contributed by atoms with Crippen molar-refractivity contribution in [3.8, 4) is 56.6 Å². The number of hydrogen-bond acceptors (Lipinski definition) is 4. The van der Waals surface area contributed by atoms with Gasteiger partial charge >= 0.3 is 0 Å². The van der Waals surface area contributed by atoms with Crippen LogP contribution < -0.4 is 52.1 Å². The Bertz CT molecular complexity index is 6180. The third kappa shape index (κ3) is 8.94. The second-order valence-corrected chi connectivity index (χ2v) is 35.6. The summed E-state index contributed by atoms with van der Waals surface area (Å²) in [5.41, 5.74) is 34.7. The van der Waals surface area contributed by atoms with Crippen molar-refractivity contribution in [1.29, 1.82) is 0 Å². The Morgan fingerprint density at radius 1 is 0.275 bits per heavy atom. The van der Waals surface area contributed by atoms with Gasteiger partial charge in [0.15, 0.2) is 0 Å². The summed E-state index contributed by atoms with van der Waals surface area (Å²) in [5, 5.41) is 5.10. The van der Waals surface area contributed by atoms with Gasteiger partial charge in [-0.25, -0.2) is 0 Å². The highest BCUT2D eigenvalue weighted by Gasteiger charge is 2.55. The molecule has 22 rings (SSSR count). The molecule has 8 heteroatoms. The van der Waals surface area contributed by atoms with E-state index in [-0.39, 0.29) is 35.1 Å². The minimum atomic E-state index is -0.781. The molecule has 6 nitrogen and oxygen atoms in total. The molecule has 2 aromatic heterocycles. The van der Waals surface area contributed by atoms with Crippen LogP contribution in [-0.4, -0.2) is 22.6 Å². The molecule has 2 aliphatic carbocycles. The van der Waals surface area contributed by atoms with Crippen LogP contribution in [0.25, 0.3) is 77.2 Å². The Balaban J connectivity index is 0.810. The van der Waals surface area contributed by atoms with Gasteiger partial charge in [0.05, 0.1) is 27.8 Å². The molecule has 14 aromatic carbocycles. The number of ether oxygens (including phenoxy) is 2. The number of hydrogen-bond donors (Lipinski definition) is 0. The van der Waals surface area contributed by atoms with Gasteiger partial charge in [-0.3, -0.25) is 0 Å². The molecule has 0 bridgehead atoms. The number of aromatic nitrogens is 2. The van der Waals surface area contributed by atoms with Gasteiger partial charge in [0.25, 0.3) is 13.4 Å². The van der Waals surface area contributed by atoms with Gasteiger partial charge in [-0.1, -0.05) is 241 Å². The molecule has 0 N–H and O–H groups in total. The lowest BCUT2D eigenvalue weighted by Gasteiger charge is -2.37. The van der Waals surface area contributed by atoms with Crippen molar-refractivity contribution in [2.24, 2.45) is 0 Å². The molecule has 1 spiro atoms. The summed E-state index contributed by atoms with van der Waals surface area (Å²) < 4.78 is 21.2. The second kappa shape index (κ2) is 22.1. The maximum atomic E-state index is 7.98. The monoisotopic (exact) mass is 1400 g/mol. The van der Waals surface area contributed by atoms with E-state index in [0.717, 1.165) is 68.5 Å². The smallest absolute Gasteiger partial charge is 0.256 e. The van der Waals surface area contributed by atoms with Crippen LogP contribution in [0.4, 0.5) is 34.1 Å². The standard InChI is InChI=1S/C101H82B2N4O2/c1-97(2,3)59-41-43-85-73(45-59)75-47-61(99(7,8)9)49-83-95(75)106(85)87-51-67(104(63-29-17-13-18-30-63)64-31-19-14-20-32-64)53-91-93(87)102(83)81-55-71-69-37-25-27-39-77(69)101(79(71)57-89(81)108-91)78-40-28-26-38-70(78)72-56-82-90(58-80(72)101)109-92-54-68(105(65-33-21-15-22-34-65)66-35-23-16-24-36-66)52-88-94(92)103(82)84-50-62(100(10,11)12)48-76-74-46-60(98(4,5)6)42-44-86(74)107(88)96(76)84/h13-58H,1-12H3. The van der Waals surface area contributed by atoms with E-state index in [1.807, 2.05) is 0 Å².